The van der Waals surface area contributed by atoms with E-state index in [1.165, 1.54) is 6.07 Å². The SMILES string of the molecule is CCc1cc(=O)oc2nc(OCc3cccc(-c4ccccc4Cl)c3)[nH]c(=O)c12. The number of aromatic amines is 1. The molecule has 0 atom stereocenters. The summed E-state index contributed by atoms with van der Waals surface area (Å²) in [5.74, 6) is 0. The van der Waals surface area contributed by atoms with Crippen LogP contribution in [0.3, 0.4) is 0 Å². The van der Waals surface area contributed by atoms with Crippen molar-refractivity contribution in [3.05, 3.63) is 91.5 Å². The van der Waals surface area contributed by atoms with Gasteiger partial charge in [-0.3, -0.25) is 9.78 Å². The van der Waals surface area contributed by atoms with Crippen LogP contribution in [-0.4, -0.2) is 9.97 Å². The minimum Gasteiger partial charge on any atom is -0.460 e. The fraction of sp³-hybridized carbons (Fsp3) is 0.136. The van der Waals surface area contributed by atoms with Gasteiger partial charge in [0.25, 0.3) is 11.6 Å². The highest BCUT2D eigenvalue weighted by Crippen LogP contribution is 2.28. The molecule has 29 heavy (non-hydrogen) atoms. The predicted octanol–water partition coefficient (Wildman–Crippen LogP) is 4.34. The van der Waals surface area contributed by atoms with E-state index >= 15 is 0 Å². The van der Waals surface area contributed by atoms with E-state index in [2.05, 4.69) is 9.97 Å². The fourth-order valence-corrected chi connectivity index (χ4v) is 3.40. The second-order valence-corrected chi connectivity index (χ2v) is 6.87. The van der Waals surface area contributed by atoms with Crippen molar-refractivity contribution >= 4 is 22.7 Å². The van der Waals surface area contributed by atoms with Gasteiger partial charge >= 0.3 is 5.63 Å². The number of nitrogens with one attached hydrogen (secondary N) is 1. The number of ether oxygens (including phenoxy) is 1. The van der Waals surface area contributed by atoms with Crippen LogP contribution in [0.2, 0.25) is 5.02 Å². The van der Waals surface area contributed by atoms with Crippen LogP contribution in [0.1, 0.15) is 18.1 Å². The Morgan fingerprint density at radius 2 is 1.93 bits per heavy atom. The number of fused-ring (bicyclic) bond motifs is 1. The molecule has 4 rings (SSSR count). The van der Waals surface area contributed by atoms with Crippen LogP contribution in [0, 0.1) is 0 Å². The number of halogens is 1. The van der Waals surface area contributed by atoms with Crippen LogP contribution in [0.15, 0.2) is 68.6 Å². The summed E-state index contributed by atoms with van der Waals surface area (Å²) >= 11 is 6.28. The number of benzene rings is 2. The Balaban J connectivity index is 1.62. The Morgan fingerprint density at radius 3 is 2.72 bits per heavy atom. The van der Waals surface area contributed by atoms with Crippen molar-refractivity contribution in [3.63, 3.8) is 0 Å². The number of hydrogen-bond donors (Lipinski definition) is 1. The molecule has 7 heteroatoms. The van der Waals surface area contributed by atoms with Crippen LogP contribution >= 0.6 is 11.6 Å². The molecule has 6 nitrogen and oxygen atoms in total. The van der Waals surface area contributed by atoms with E-state index < -0.39 is 11.2 Å². The Kier molecular flexibility index (Phi) is 5.18. The smallest absolute Gasteiger partial charge is 0.337 e. The first-order valence-electron chi connectivity index (χ1n) is 9.09. The lowest BCUT2D eigenvalue weighted by atomic mass is 10.0. The lowest BCUT2D eigenvalue weighted by Gasteiger charge is -2.09. The average molecular weight is 409 g/mol. The van der Waals surface area contributed by atoms with Gasteiger partial charge in [-0.25, -0.2) is 4.79 Å². The first-order chi connectivity index (χ1) is 14.0. The normalized spacial score (nSPS) is 11.0. The number of rotatable bonds is 5. The van der Waals surface area contributed by atoms with Gasteiger partial charge in [0, 0.05) is 16.7 Å². The molecule has 0 bridgehead atoms. The maximum Gasteiger partial charge on any atom is 0.337 e. The van der Waals surface area contributed by atoms with Crippen LogP contribution in [0.4, 0.5) is 0 Å². The van der Waals surface area contributed by atoms with Crippen molar-refractivity contribution in [2.75, 3.05) is 0 Å². The highest BCUT2D eigenvalue weighted by atomic mass is 35.5. The molecule has 2 heterocycles. The minimum atomic E-state index is -0.550. The molecule has 0 saturated heterocycles. The van der Waals surface area contributed by atoms with E-state index in [9.17, 15) is 9.59 Å². The van der Waals surface area contributed by atoms with Gasteiger partial charge in [-0.2, -0.15) is 4.98 Å². The maximum absolute atomic E-state index is 12.4. The van der Waals surface area contributed by atoms with E-state index in [0.717, 1.165) is 16.7 Å². The lowest BCUT2D eigenvalue weighted by molar-refractivity contribution is 0.279. The van der Waals surface area contributed by atoms with Gasteiger partial charge in [-0.05, 0) is 35.2 Å². The molecule has 1 N–H and O–H groups in total. The summed E-state index contributed by atoms with van der Waals surface area (Å²) in [6.45, 7) is 2.02. The monoisotopic (exact) mass is 408 g/mol. The van der Waals surface area contributed by atoms with E-state index in [1.807, 2.05) is 55.5 Å². The van der Waals surface area contributed by atoms with Crippen molar-refractivity contribution in [2.45, 2.75) is 20.0 Å². The minimum absolute atomic E-state index is 0.0120. The summed E-state index contributed by atoms with van der Waals surface area (Å²) in [6.07, 6.45) is 0.516. The third-order valence-corrected chi connectivity index (χ3v) is 4.87. The molecule has 4 aromatic rings. The molecule has 2 aromatic heterocycles. The van der Waals surface area contributed by atoms with Gasteiger partial charge in [0.05, 0.1) is 0 Å². The van der Waals surface area contributed by atoms with Crippen LogP contribution in [0.5, 0.6) is 6.01 Å². The average Bonchev–Trinajstić information content (AvgIpc) is 2.72. The molecule has 2 aromatic carbocycles. The van der Waals surface area contributed by atoms with Crippen molar-refractivity contribution < 1.29 is 9.15 Å². The van der Waals surface area contributed by atoms with Gasteiger partial charge in [0.15, 0.2) is 0 Å². The quantitative estimate of drug-likeness (QED) is 0.531. The van der Waals surface area contributed by atoms with Crippen molar-refractivity contribution in [2.24, 2.45) is 0 Å². The van der Waals surface area contributed by atoms with Gasteiger partial charge in [0.1, 0.15) is 12.0 Å². The molecule has 0 amide bonds. The zero-order valence-corrected chi connectivity index (χ0v) is 16.3. The first-order valence-corrected chi connectivity index (χ1v) is 9.46. The fourth-order valence-electron chi connectivity index (χ4n) is 3.15. The van der Waals surface area contributed by atoms with Crippen LogP contribution < -0.4 is 15.9 Å². The number of nitrogens with zero attached hydrogens (tertiary/aromatic N) is 1. The molecular formula is C22H17ClN2O4. The van der Waals surface area contributed by atoms with Gasteiger partial charge in [-0.1, -0.05) is 54.9 Å². The zero-order valence-electron chi connectivity index (χ0n) is 15.6. The molecule has 0 aliphatic rings. The van der Waals surface area contributed by atoms with Gasteiger partial charge in [0.2, 0.25) is 5.71 Å². The van der Waals surface area contributed by atoms with Crippen LogP contribution in [-0.2, 0) is 13.0 Å². The van der Waals surface area contributed by atoms with E-state index in [4.69, 9.17) is 20.8 Å². The molecule has 0 saturated carbocycles. The molecule has 0 aliphatic carbocycles. The zero-order chi connectivity index (χ0) is 20.4. The maximum atomic E-state index is 12.4. The van der Waals surface area contributed by atoms with Crippen molar-refractivity contribution in [1.29, 1.82) is 0 Å². The Morgan fingerprint density at radius 1 is 1.10 bits per heavy atom. The standard InChI is InChI=1S/C22H17ClN2O4/c1-2-14-11-18(26)29-21-19(14)20(27)24-22(25-21)28-12-13-6-5-7-15(10-13)16-8-3-4-9-17(16)23/h3-11H,2,12H2,1H3,(H,24,25,27). The summed E-state index contributed by atoms with van der Waals surface area (Å²) in [7, 11) is 0. The third-order valence-electron chi connectivity index (χ3n) is 4.54. The van der Waals surface area contributed by atoms with Crippen molar-refractivity contribution in [1.82, 2.24) is 9.97 Å². The van der Waals surface area contributed by atoms with Crippen LogP contribution in [0.25, 0.3) is 22.2 Å². The Hall–Kier alpha value is -3.38. The Labute approximate surface area is 170 Å². The number of hydrogen-bond acceptors (Lipinski definition) is 5. The highest BCUT2D eigenvalue weighted by molar-refractivity contribution is 6.33. The molecule has 146 valence electrons. The largest absolute Gasteiger partial charge is 0.460 e. The first kappa shape index (κ1) is 19.0. The summed E-state index contributed by atoms with van der Waals surface area (Å²) < 4.78 is 10.7. The van der Waals surface area contributed by atoms with E-state index in [-0.39, 0.29) is 23.7 Å². The second-order valence-electron chi connectivity index (χ2n) is 6.46. The predicted molar refractivity (Wildman–Crippen MR) is 111 cm³/mol. The number of H-pyrrole nitrogens is 1. The number of aryl methyl sites for hydroxylation is 1. The molecule has 0 aliphatic heterocycles. The topological polar surface area (TPSA) is 85.2 Å². The molecule has 0 spiro atoms. The molecular weight excluding hydrogens is 392 g/mol. The van der Waals surface area contributed by atoms with Crippen molar-refractivity contribution in [3.8, 4) is 17.1 Å². The number of aromatic nitrogens is 2. The summed E-state index contributed by atoms with van der Waals surface area (Å²) in [5.41, 5.74) is 2.34. The second kappa shape index (κ2) is 7.93. The van der Waals surface area contributed by atoms with Gasteiger partial charge < -0.3 is 9.15 Å². The summed E-state index contributed by atoms with van der Waals surface area (Å²) in [5, 5.41) is 0.924. The lowest BCUT2D eigenvalue weighted by Crippen LogP contribution is -2.15. The van der Waals surface area contributed by atoms with Gasteiger partial charge in [-0.15, -0.1) is 0 Å². The molecule has 0 radical (unpaired) electrons. The van der Waals surface area contributed by atoms with E-state index in [1.54, 1.807) is 0 Å². The summed E-state index contributed by atoms with van der Waals surface area (Å²) in [4.78, 5) is 30.9. The molecule has 0 unspecified atom stereocenters. The molecule has 0 fully saturated rings. The Bertz CT molecular complexity index is 1310. The third kappa shape index (κ3) is 3.93. The highest BCUT2D eigenvalue weighted by Gasteiger charge is 2.12. The summed E-state index contributed by atoms with van der Waals surface area (Å²) in [6, 6.07) is 16.6. The van der Waals surface area contributed by atoms with E-state index in [0.29, 0.717) is 17.0 Å².